The fraction of sp³-hybridized carbons (Fsp3) is 0.125. The molecular formula is C16H16N2O2. The molecule has 0 fully saturated rings. The Kier molecular flexibility index (Phi) is 4.89. The number of para-hydroxylation sites is 1. The van der Waals surface area contributed by atoms with E-state index >= 15 is 0 Å². The van der Waals surface area contributed by atoms with E-state index in [1.807, 2.05) is 60.7 Å². The van der Waals surface area contributed by atoms with Crippen LogP contribution in [-0.2, 0) is 9.63 Å². The molecule has 1 amide bonds. The van der Waals surface area contributed by atoms with E-state index in [1.54, 1.807) is 0 Å². The van der Waals surface area contributed by atoms with Crippen LogP contribution in [0.3, 0.4) is 0 Å². The Labute approximate surface area is 118 Å². The molecule has 2 aromatic rings. The summed E-state index contributed by atoms with van der Waals surface area (Å²) in [7, 11) is 1.47. The van der Waals surface area contributed by atoms with Gasteiger partial charge in [0.25, 0.3) is 0 Å². The molecule has 20 heavy (non-hydrogen) atoms. The van der Waals surface area contributed by atoms with Gasteiger partial charge in [0.15, 0.2) is 0 Å². The molecular weight excluding hydrogens is 252 g/mol. The number of rotatable bonds is 5. The molecule has 1 N–H and O–H groups in total. The van der Waals surface area contributed by atoms with E-state index in [1.165, 1.54) is 7.11 Å². The molecule has 0 atom stereocenters. The molecule has 0 aliphatic carbocycles. The maximum absolute atomic E-state index is 12.0. The van der Waals surface area contributed by atoms with Crippen molar-refractivity contribution in [2.75, 3.05) is 12.4 Å². The number of carbonyl (C=O) groups is 1. The summed E-state index contributed by atoms with van der Waals surface area (Å²) in [6.07, 6.45) is 0.159. The van der Waals surface area contributed by atoms with Crippen molar-refractivity contribution in [1.29, 1.82) is 0 Å². The van der Waals surface area contributed by atoms with Gasteiger partial charge < -0.3 is 10.2 Å². The smallest absolute Gasteiger partial charge is 0.230 e. The minimum atomic E-state index is -0.129. The van der Waals surface area contributed by atoms with Crippen LogP contribution in [-0.4, -0.2) is 18.7 Å². The first-order valence-electron chi connectivity index (χ1n) is 6.30. The van der Waals surface area contributed by atoms with E-state index in [0.29, 0.717) is 5.71 Å². The summed E-state index contributed by atoms with van der Waals surface area (Å²) >= 11 is 0. The summed E-state index contributed by atoms with van der Waals surface area (Å²) < 4.78 is 0. The van der Waals surface area contributed by atoms with E-state index in [4.69, 9.17) is 4.84 Å². The molecule has 4 nitrogen and oxygen atoms in total. The minimum Gasteiger partial charge on any atom is -0.399 e. The zero-order valence-corrected chi connectivity index (χ0v) is 11.2. The molecule has 0 aliphatic rings. The number of benzene rings is 2. The highest BCUT2D eigenvalue weighted by Crippen LogP contribution is 2.09. The second-order valence-electron chi connectivity index (χ2n) is 4.18. The summed E-state index contributed by atoms with van der Waals surface area (Å²) in [6, 6.07) is 18.8. The third-order valence-electron chi connectivity index (χ3n) is 2.69. The Balaban J connectivity index is 2.06. The van der Waals surface area contributed by atoms with Gasteiger partial charge in [-0.1, -0.05) is 53.7 Å². The fourth-order valence-electron chi connectivity index (χ4n) is 1.81. The molecule has 0 saturated carbocycles. The van der Waals surface area contributed by atoms with Crippen molar-refractivity contribution in [1.82, 2.24) is 0 Å². The summed E-state index contributed by atoms with van der Waals surface area (Å²) in [4.78, 5) is 16.8. The maximum Gasteiger partial charge on any atom is 0.230 e. The van der Waals surface area contributed by atoms with Gasteiger partial charge in [-0.3, -0.25) is 4.79 Å². The van der Waals surface area contributed by atoms with Crippen LogP contribution in [0.15, 0.2) is 65.8 Å². The highest BCUT2D eigenvalue weighted by molar-refractivity contribution is 6.13. The lowest BCUT2D eigenvalue weighted by molar-refractivity contribution is -0.115. The molecule has 0 aliphatic heterocycles. The number of amides is 1. The second-order valence-corrected chi connectivity index (χ2v) is 4.18. The van der Waals surface area contributed by atoms with Gasteiger partial charge in [-0.25, -0.2) is 0 Å². The topological polar surface area (TPSA) is 50.7 Å². The number of hydrogen-bond acceptors (Lipinski definition) is 3. The van der Waals surface area contributed by atoms with Gasteiger partial charge in [-0.2, -0.15) is 0 Å². The number of oxime groups is 1. The molecule has 0 radical (unpaired) electrons. The monoisotopic (exact) mass is 268 g/mol. The molecule has 0 heterocycles. The first kappa shape index (κ1) is 13.8. The van der Waals surface area contributed by atoms with Gasteiger partial charge in [-0.15, -0.1) is 0 Å². The van der Waals surface area contributed by atoms with Crippen LogP contribution in [0, 0.1) is 0 Å². The predicted octanol–water partition coefficient (Wildman–Crippen LogP) is 3.07. The summed E-state index contributed by atoms with van der Waals surface area (Å²) in [5.74, 6) is -0.129. The molecule has 4 heteroatoms. The minimum absolute atomic E-state index is 0.129. The molecule has 102 valence electrons. The first-order valence-corrected chi connectivity index (χ1v) is 6.30. The average molecular weight is 268 g/mol. The average Bonchev–Trinajstić information content (AvgIpc) is 2.49. The van der Waals surface area contributed by atoms with Crippen LogP contribution in [0.4, 0.5) is 5.69 Å². The molecule has 0 unspecified atom stereocenters. The molecule has 0 bridgehead atoms. The van der Waals surface area contributed by atoms with Gasteiger partial charge >= 0.3 is 0 Å². The lowest BCUT2D eigenvalue weighted by atomic mass is 10.1. The third-order valence-corrected chi connectivity index (χ3v) is 2.69. The Morgan fingerprint density at radius 2 is 1.65 bits per heavy atom. The van der Waals surface area contributed by atoms with Crippen LogP contribution in [0.5, 0.6) is 0 Å². The van der Waals surface area contributed by atoms with Crippen LogP contribution >= 0.6 is 0 Å². The molecule has 2 aromatic carbocycles. The van der Waals surface area contributed by atoms with Crippen molar-refractivity contribution < 1.29 is 9.63 Å². The third kappa shape index (κ3) is 3.95. The molecule has 0 spiro atoms. The van der Waals surface area contributed by atoms with E-state index in [9.17, 15) is 4.79 Å². The van der Waals surface area contributed by atoms with Crippen molar-refractivity contribution in [3.05, 3.63) is 66.2 Å². The predicted molar refractivity (Wildman–Crippen MR) is 79.7 cm³/mol. The molecule has 2 rings (SSSR count). The van der Waals surface area contributed by atoms with Gasteiger partial charge in [0.1, 0.15) is 7.11 Å². The summed E-state index contributed by atoms with van der Waals surface area (Å²) in [5.41, 5.74) is 2.24. The van der Waals surface area contributed by atoms with E-state index in [-0.39, 0.29) is 12.3 Å². The lowest BCUT2D eigenvalue weighted by Gasteiger charge is -2.07. The van der Waals surface area contributed by atoms with Crippen LogP contribution < -0.4 is 5.32 Å². The van der Waals surface area contributed by atoms with E-state index < -0.39 is 0 Å². The standard InChI is InChI=1S/C16H16N2O2/c1-20-18-15(13-8-4-2-5-9-13)12-16(19)17-14-10-6-3-7-11-14/h2-11H,12H2,1H3,(H,17,19)/b18-15+. The van der Waals surface area contributed by atoms with Crippen molar-refractivity contribution >= 4 is 17.3 Å². The second kappa shape index (κ2) is 7.09. The van der Waals surface area contributed by atoms with Crippen molar-refractivity contribution in [3.8, 4) is 0 Å². The largest absolute Gasteiger partial charge is 0.399 e. The summed E-state index contributed by atoms with van der Waals surface area (Å²) in [6.45, 7) is 0. The van der Waals surface area contributed by atoms with Crippen LogP contribution in [0.2, 0.25) is 0 Å². The van der Waals surface area contributed by atoms with E-state index in [2.05, 4.69) is 10.5 Å². The van der Waals surface area contributed by atoms with Crippen molar-refractivity contribution in [3.63, 3.8) is 0 Å². The number of anilines is 1. The lowest BCUT2D eigenvalue weighted by Crippen LogP contribution is -2.17. The SMILES string of the molecule is CO/N=C(\CC(=O)Nc1ccccc1)c1ccccc1. The van der Waals surface area contributed by atoms with Crippen molar-refractivity contribution in [2.45, 2.75) is 6.42 Å². The summed E-state index contributed by atoms with van der Waals surface area (Å²) in [5, 5.41) is 6.76. The molecule has 0 saturated heterocycles. The highest BCUT2D eigenvalue weighted by atomic mass is 16.6. The Hall–Kier alpha value is -2.62. The Bertz CT molecular complexity index is 580. The number of nitrogens with one attached hydrogen (secondary N) is 1. The van der Waals surface area contributed by atoms with Crippen molar-refractivity contribution in [2.24, 2.45) is 5.16 Å². The van der Waals surface area contributed by atoms with Gasteiger partial charge in [-0.05, 0) is 17.7 Å². The zero-order valence-electron chi connectivity index (χ0n) is 11.2. The molecule has 0 aromatic heterocycles. The normalized spacial score (nSPS) is 10.9. The zero-order chi connectivity index (χ0) is 14.2. The fourth-order valence-corrected chi connectivity index (χ4v) is 1.81. The van der Waals surface area contributed by atoms with Gasteiger partial charge in [0, 0.05) is 5.69 Å². The van der Waals surface area contributed by atoms with Gasteiger partial charge in [0.2, 0.25) is 5.91 Å². The Morgan fingerprint density at radius 3 is 2.25 bits per heavy atom. The van der Waals surface area contributed by atoms with Crippen LogP contribution in [0.1, 0.15) is 12.0 Å². The number of hydrogen-bond donors (Lipinski definition) is 1. The number of nitrogens with zero attached hydrogens (tertiary/aromatic N) is 1. The number of carbonyl (C=O) groups excluding carboxylic acids is 1. The Morgan fingerprint density at radius 1 is 1.05 bits per heavy atom. The first-order chi connectivity index (χ1) is 9.79. The highest BCUT2D eigenvalue weighted by Gasteiger charge is 2.10. The van der Waals surface area contributed by atoms with E-state index in [0.717, 1.165) is 11.3 Å². The van der Waals surface area contributed by atoms with Crippen LogP contribution in [0.25, 0.3) is 0 Å². The van der Waals surface area contributed by atoms with Gasteiger partial charge in [0.05, 0.1) is 12.1 Å². The maximum atomic E-state index is 12.0. The quantitative estimate of drug-likeness (QED) is 0.669.